The maximum absolute atomic E-state index is 4.25. The molecule has 0 aliphatic rings. The zero-order valence-corrected chi connectivity index (χ0v) is 8.62. The molecular formula is C10H20N2. The minimum absolute atomic E-state index is 0.423. The Morgan fingerprint density at radius 2 is 1.17 bits per heavy atom. The molecule has 2 nitrogen and oxygen atoms in total. The summed E-state index contributed by atoms with van der Waals surface area (Å²) < 4.78 is 0. The molecule has 0 atom stereocenters. The van der Waals surface area contributed by atoms with Gasteiger partial charge in [0.2, 0.25) is 0 Å². The summed E-state index contributed by atoms with van der Waals surface area (Å²) >= 11 is 0. The lowest BCUT2D eigenvalue weighted by atomic mass is 10.3. The molecule has 12 heavy (non-hydrogen) atoms. The number of rotatable bonds is 5. The molecule has 0 spiro atoms. The molecule has 0 aromatic carbocycles. The van der Waals surface area contributed by atoms with Crippen LogP contribution in [0.4, 0.5) is 0 Å². The van der Waals surface area contributed by atoms with E-state index in [2.05, 4.69) is 37.7 Å². The molecular weight excluding hydrogens is 148 g/mol. The van der Waals surface area contributed by atoms with E-state index in [9.17, 15) is 0 Å². The van der Waals surface area contributed by atoms with Gasteiger partial charge in [-0.2, -0.15) is 0 Å². The van der Waals surface area contributed by atoms with Gasteiger partial charge in [0.25, 0.3) is 0 Å². The van der Waals surface area contributed by atoms with Crippen LogP contribution in [0.3, 0.4) is 0 Å². The quantitative estimate of drug-likeness (QED) is 0.445. The molecule has 70 valence electrons. The molecule has 0 amide bonds. The number of aliphatic imine (C=N–C) groups is 2. The van der Waals surface area contributed by atoms with Crippen molar-refractivity contribution in [2.24, 2.45) is 9.98 Å². The lowest BCUT2D eigenvalue weighted by molar-refractivity contribution is 0.830. The van der Waals surface area contributed by atoms with Crippen molar-refractivity contribution in [1.29, 1.82) is 0 Å². The third-order valence-corrected chi connectivity index (χ3v) is 1.23. The highest BCUT2D eigenvalue weighted by Crippen LogP contribution is 1.89. The van der Waals surface area contributed by atoms with E-state index >= 15 is 0 Å². The van der Waals surface area contributed by atoms with Crippen LogP contribution in [0.5, 0.6) is 0 Å². The number of nitrogens with zero attached hydrogens (tertiary/aromatic N) is 2. The second kappa shape index (κ2) is 7.01. The Balaban J connectivity index is 3.32. The van der Waals surface area contributed by atoms with E-state index in [1.54, 1.807) is 0 Å². The Labute approximate surface area is 75.8 Å². The van der Waals surface area contributed by atoms with Crippen molar-refractivity contribution in [3.05, 3.63) is 0 Å². The molecule has 0 aromatic heterocycles. The van der Waals surface area contributed by atoms with Gasteiger partial charge in [-0.3, -0.25) is 9.98 Å². The smallest absolute Gasteiger partial charge is 0.0439 e. The number of unbranched alkanes of at least 4 members (excludes halogenated alkanes) is 1. The lowest BCUT2D eigenvalue weighted by Gasteiger charge is -1.94. The first-order chi connectivity index (χ1) is 5.63. The number of hydrogen-bond donors (Lipinski definition) is 0. The van der Waals surface area contributed by atoms with Crippen LogP contribution in [-0.4, -0.2) is 24.5 Å². The van der Waals surface area contributed by atoms with E-state index in [0.717, 1.165) is 12.8 Å². The van der Waals surface area contributed by atoms with Crippen molar-refractivity contribution >= 4 is 12.4 Å². The SMILES string of the molecule is CC(C)N=CCCC=NC(C)C. The normalized spacial score (nSPS) is 12.8. The van der Waals surface area contributed by atoms with Crippen molar-refractivity contribution in [3.63, 3.8) is 0 Å². The van der Waals surface area contributed by atoms with Crippen molar-refractivity contribution in [1.82, 2.24) is 0 Å². The van der Waals surface area contributed by atoms with Crippen LogP contribution in [0.15, 0.2) is 9.98 Å². The van der Waals surface area contributed by atoms with E-state index in [1.165, 1.54) is 0 Å². The first-order valence-corrected chi connectivity index (χ1v) is 4.66. The first kappa shape index (κ1) is 11.3. The minimum Gasteiger partial charge on any atom is -0.295 e. The monoisotopic (exact) mass is 168 g/mol. The largest absolute Gasteiger partial charge is 0.295 e. The summed E-state index contributed by atoms with van der Waals surface area (Å²) in [4.78, 5) is 8.51. The van der Waals surface area contributed by atoms with Crippen molar-refractivity contribution < 1.29 is 0 Å². The summed E-state index contributed by atoms with van der Waals surface area (Å²) in [6.45, 7) is 8.33. The maximum Gasteiger partial charge on any atom is 0.0439 e. The summed E-state index contributed by atoms with van der Waals surface area (Å²) in [6.07, 6.45) is 5.98. The van der Waals surface area contributed by atoms with Gasteiger partial charge in [-0.25, -0.2) is 0 Å². The molecule has 0 bridgehead atoms. The Bertz CT molecular complexity index is 128. The lowest BCUT2D eigenvalue weighted by Crippen LogP contribution is -1.91. The summed E-state index contributed by atoms with van der Waals surface area (Å²) in [5, 5.41) is 0. The maximum atomic E-state index is 4.25. The van der Waals surface area contributed by atoms with Gasteiger partial charge < -0.3 is 0 Å². The zero-order chi connectivity index (χ0) is 9.40. The molecule has 0 aliphatic heterocycles. The second-order valence-electron chi connectivity index (χ2n) is 3.43. The Hall–Kier alpha value is -0.660. The van der Waals surface area contributed by atoms with Gasteiger partial charge in [0, 0.05) is 12.1 Å². The van der Waals surface area contributed by atoms with E-state index in [4.69, 9.17) is 0 Å². The van der Waals surface area contributed by atoms with E-state index in [0.29, 0.717) is 12.1 Å². The predicted molar refractivity (Wildman–Crippen MR) is 56.5 cm³/mol. The minimum atomic E-state index is 0.423. The molecule has 0 N–H and O–H groups in total. The summed E-state index contributed by atoms with van der Waals surface area (Å²) in [5.74, 6) is 0. The van der Waals surface area contributed by atoms with Gasteiger partial charge in [0.15, 0.2) is 0 Å². The fourth-order valence-corrected chi connectivity index (χ4v) is 0.720. The summed E-state index contributed by atoms with van der Waals surface area (Å²) in [6, 6.07) is 0.846. The van der Waals surface area contributed by atoms with Crippen molar-refractivity contribution in [2.45, 2.75) is 52.6 Å². The highest BCUT2D eigenvalue weighted by atomic mass is 14.7. The van der Waals surface area contributed by atoms with Crippen LogP contribution in [0, 0.1) is 0 Å². The fraction of sp³-hybridized carbons (Fsp3) is 0.800. The van der Waals surface area contributed by atoms with Crippen LogP contribution in [-0.2, 0) is 0 Å². The molecule has 0 radical (unpaired) electrons. The molecule has 0 fully saturated rings. The van der Waals surface area contributed by atoms with E-state index in [1.807, 2.05) is 12.4 Å². The van der Waals surface area contributed by atoms with Crippen molar-refractivity contribution in [2.75, 3.05) is 0 Å². The van der Waals surface area contributed by atoms with Gasteiger partial charge >= 0.3 is 0 Å². The van der Waals surface area contributed by atoms with E-state index in [-0.39, 0.29) is 0 Å². The van der Waals surface area contributed by atoms with Gasteiger partial charge in [0.1, 0.15) is 0 Å². The second-order valence-corrected chi connectivity index (χ2v) is 3.43. The molecule has 2 heteroatoms. The van der Waals surface area contributed by atoms with Crippen molar-refractivity contribution in [3.8, 4) is 0 Å². The Morgan fingerprint density at radius 3 is 1.42 bits per heavy atom. The van der Waals surface area contributed by atoms with Crippen LogP contribution in [0.25, 0.3) is 0 Å². The van der Waals surface area contributed by atoms with E-state index < -0.39 is 0 Å². The Kier molecular flexibility index (Phi) is 6.63. The zero-order valence-electron chi connectivity index (χ0n) is 8.62. The molecule has 0 rings (SSSR count). The summed E-state index contributed by atoms with van der Waals surface area (Å²) in [7, 11) is 0. The highest BCUT2D eigenvalue weighted by Gasteiger charge is 1.84. The van der Waals surface area contributed by atoms with Gasteiger partial charge in [-0.15, -0.1) is 0 Å². The average molecular weight is 168 g/mol. The van der Waals surface area contributed by atoms with Gasteiger partial charge in [0.05, 0.1) is 0 Å². The average Bonchev–Trinajstić information content (AvgIpc) is 1.95. The highest BCUT2D eigenvalue weighted by molar-refractivity contribution is 5.66. The van der Waals surface area contributed by atoms with Crippen LogP contribution in [0.1, 0.15) is 40.5 Å². The van der Waals surface area contributed by atoms with Gasteiger partial charge in [-0.05, 0) is 53.0 Å². The molecule has 0 aliphatic carbocycles. The molecule has 0 aromatic rings. The molecule has 0 saturated carbocycles. The third kappa shape index (κ3) is 9.34. The topological polar surface area (TPSA) is 24.7 Å². The summed E-state index contributed by atoms with van der Waals surface area (Å²) in [5.41, 5.74) is 0. The third-order valence-electron chi connectivity index (χ3n) is 1.23. The van der Waals surface area contributed by atoms with Crippen LogP contribution >= 0.6 is 0 Å². The molecule has 0 saturated heterocycles. The molecule has 0 unspecified atom stereocenters. The number of hydrogen-bond acceptors (Lipinski definition) is 2. The van der Waals surface area contributed by atoms with Gasteiger partial charge in [-0.1, -0.05) is 0 Å². The predicted octanol–water partition coefficient (Wildman–Crippen LogP) is 2.73. The first-order valence-electron chi connectivity index (χ1n) is 4.66. The van der Waals surface area contributed by atoms with Crippen LogP contribution < -0.4 is 0 Å². The molecule has 0 heterocycles. The Morgan fingerprint density at radius 1 is 0.833 bits per heavy atom. The van der Waals surface area contributed by atoms with Crippen LogP contribution in [0.2, 0.25) is 0 Å². The fourth-order valence-electron chi connectivity index (χ4n) is 0.720. The standard InChI is InChI=1S/C10H20N2/c1-9(2)11-7-5-6-8-12-10(3)4/h7-10H,5-6H2,1-4H3.